The quantitative estimate of drug-likeness (QED) is 0.602. The topological polar surface area (TPSA) is 37.7 Å². The van der Waals surface area contributed by atoms with E-state index in [2.05, 4.69) is 4.90 Å². The van der Waals surface area contributed by atoms with E-state index in [1.807, 2.05) is 64.3 Å². The number of hydrogen-bond acceptors (Lipinski definition) is 3. The maximum atomic E-state index is 13.4. The lowest BCUT2D eigenvalue weighted by atomic mass is 10.0. The molecule has 0 spiro atoms. The van der Waals surface area contributed by atoms with E-state index >= 15 is 0 Å². The van der Waals surface area contributed by atoms with Gasteiger partial charge in [0.15, 0.2) is 0 Å². The van der Waals surface area contributed by atoms with Gasteiger partial charge in [-0.2, -0.15) is 0 Å². The van der Waals surface area contributed by atoms with Crippen LogP contribution in [0.15, 0.2) is 79.1 Å². The van der Waals surface area contributed by atoms with Gasteiger partial charge in [-0.05, 0) is 42.0 Å². The Bertz CT molecular complexity index is 921. The lowest BCUT2D eigenvalue weighted by Gasteiger charge is -2.36. The molecule has 0 radical (unpaired) electrons. The maximum absolute atomic E-state index is 13.4. The molecule has 1 atom stereocenters. The fraction of sp³-hybridized carbons (Fsp3) is 0.292. The highest BCUT2D eigenvalue weighted by Gasteiger charge is 2.29. The zero-order valence-corrected chi connectivity index (χ0v) is 16.9. The monoisotopic (exact) mass is 407 g/mol. The van der Waals surface area contributed by atoms with E-state index in [0.29, 0.717) is 25.4 Å². The van der Waals surface area contributed by atoms with Crippen molar-refractivity contribution in [2.24, 2.45) is 0 Å². The largest absolute Gasteiger partial charge is 0.492 e. The van der Waals surface area contributed by atoms with Crippen LogP contribution in [0.4, 0.5) is 4.39 Å². The first-order valence-corrected chi connectivity index (χ1v) is 10.3. The normalized spacial score (nSPS) is 15.7. The van der Waals surface area contributed by atoms with Gasteiger partial charge in [-0.1, -0.05) is 30.3 Å². The Morgan fingerprint density at radius 3 is 2.23 bits per heavy atom. The van der Waals surface area contributed by atoms with E-state index in [1.165, 1.54) is 12.1 Å². The van der Waals surface area contributed by atoms with Gasteiger partial charge < -0.3 is 14.2 Å². The van der Waals surface area contributed by atoms with Crippen LogP contribution >= 0.6 is 0 Å². The average molecular weight is 407 g/mol. The van der Waals surface area contributed by atoms with Crippen molar-refractivity contribution in [2.75, 3.05) is 39.3 Å². The molecular weight excluding hydrogens is 381 g/mol. The third kappa shape index (κ3) is 4.89. The molecule has 1 aliphatic rings. The molecule has 4 rings (SSSR count). The van der Waals surface area contributed by atoms with Crippen LogP contribution in [0, 0.1) is 5.82 Å². The Balaban J connectivity index is 1.31. The molecule has 156 valence electrons. The Kier molecular flexibility index (Phi) is 6.44. The van der Waals surface area contributed by atoms with E-state index in [4.69, 9.17) is 4.74 Å². The van der Waals surface area contributed by atoms with Crippen LogP contribution in [0.5, 0.6) is 5.75 Å². The molecule has 6 heteroatoms. The van der Waals surface area contributed by atoms with Crippen molar-refractivity contribution in [3.05, 3.63) is 90.5 Å². The fourth-order valence-corrected chi connectivity index (χ4v) is 3.79. The number of carbonyl (C=O) groups excluding carboxylic acids is 1. The summed E-state index contributed by atoms with van der Waals surface area (Å²) < 4.78 is 20.6. The van der Waals surface area contributed by atoms with Gasteiger partial charge in [0.1, 0.15) is 24.2 Å². The maximum Gasteiger partial charge on any atom is 0.250 e. The van der Waals surface area contributed by atoms with Gasteiger partial charge in [0.2, 0.25) is 5.91 Å². The van der Waals surface area contributed by atoms with Crippen LogP contribution in [0.2, 0.25) is 0 Å². The summed E-state index contributed by atoms with van der Waals surface area (Å²) in [4.78, 5) is 17.6. The number of amides is 1. The molecular formula is C24H26FN3O2. The first kappa shape index (κ1) is 20.2. The highest BCUT2D eigenvalue weighted by molar-refractivity contribution is 5.83. The third-order valence-corrected chi connectivity index (χ3v) is 5.45. The molecule has 0 aliphatic carbocycles. The minimum absolute atomic E-state index is 0.125. The van der Waals surface area contributed by atoms with Crippen LogP contribution in [0.25, 0.3) is 0 Å². The number of piperazine rings is 1. The van der Waals surface area contributed by atoms with E-state index < -0.39 is 0 Å². The van der Waals surface area contributed by atoms with Gasteiger partial charge in [-0.15, -0.1) is 0 Å². The molecule has 2 aromatic carbocycles. The van der Waals surface area contributed by atoms with Crippen molar-refractivity contribution in [2.45, 2.75) is 6.04 Å². The van der Waals surface area contributed by atoms with E-state index in [0.717, 1.165) is 25.2 Å². The smallest absolute Gasteiger partial charge is 0.250 e. The molecule has 30 heavy (non-hydrogen) atoms. The van der Waals surface area contributed by atoms with Crippen LogP contribution in [-0.2, 0) is 4.79 Å². The standard InChI is InChI=1S/C24H26FN3O2/c25-21-8-10-22(11-9-21)30-19-18-26-14-16-28(17-15-26)24(29)23(27-12-4-5-13-27)20-6-2-1-3-7-20/h1-13,23H,14-19H2/t23-/m0/s1. The minimum atomic E-state index is -0.338. The van der Waals surface area contributed by atoms with Crippen molar-refractivity contribution in [1.82, 2.24) is 14.4 Å². The molecule has 1 saturated heterocycles. The van der Waals surface area contributed by atoms with Gasteiger partial charge in [0.25, 0.3) is 0 Å². The molecule has 5 nitrogen and oxygen atoms in total. The van der Waals surface area contributed by atoms with E-state index in [1.54, 1.807) is 12.1 Å². The lowest BCUT2D eigenvalue weighted by Crippen LogP contribution is -2.51. The first-order valence-electron chi connectivity index (χ1n) is 10.3. The average Bonchev–Trinajstić information content (AvgIpc) is 3.31. The number of ether oxygens (including phenoxy) is 1. The molecule has 1 amide bonds. The highest BCUT2D eigenvalue weighted by Crippen LogP contribution is 2.22. The summed E-state index contributed by atoms with van der Waals surface area (Å²) in [5.41, 5.74) is 0.994. The molecule has 1 aliphatic heterocycles. The van der Waals surface area contributed by atoms with Crippen LogP contribution < -0.4 is 4.74 Å². The van der Waals surface area contributed by atoms with Crippen molar-refractivity contribution in [1.29, 1.82) is 0 Å². The number of benzene rings is 2. The first-order chi connectivity index (χ1) is 14.7. The summed E-state index contributed by atoms with van der Waals surface area (Å²) in [6.07, 6.45) is 3.89. The second-order valence-electron chi connectivity index (χ2n) is 7.41. The molecule has 0 N–H and O–H groups in total. The summed E-state index contributed by atoms with van der Waals surface area (Å²) in [7, 11) is 0. The Labute approximate surface area is 176 Å². The summed E-state index contributed by atoms with van der Waals surface area (Å²) >= 11 is 0. The fourth-order valence-electron chi connectivity index (χ4n) is 3.79. The molecule has 3 aromatic rings. The second kappa shape index (κ2) is 9.59. The number of hydrogen-bond donors (Lipinski definition) is 0. The Morgan fingerprint density at radius 2 is 1.57 bits per heavy atom. The zero-order chi connectivity index (χ0) is 20.8. The molecule has 0 saturated carbocycles. The van der Waals surface area contributed by atoms with E-state index in [-0.39, 0.29) is 17.8 Å². The summed E-state index contributed by atoms with van der Waals surface area (Å²) in [5, 5.41) is 0. The number of carbonyl (C=O) groups is 1. The van der Waals surface area contributed by atoms with Crippen LogP contribution in [0.3, 0.4) is 0 Å². The summed E-state index contributed by atoms with van der Waals surface area (Å²) in [6.45, 7) is 4.33. The predicted octanol–water partition coefficient (Wildman–Crippen LogP) is 3.44. The number of halogens is 1. The third-order valence-electron chi connectivity index (χ3n) is 5.45. The van der Waals surface area contributed by atoms with Gasteiger partial charge in [-0.25, -0.2) is 4.39 Å². The number of nitrogens with zero attached hydrogens (tertiary/aromatic N) is 3. The van der Waals surface area contributed by atoms with Crippen molar-refractivity contribution < 1.29 is 13.9 Å². The van der Waals surface area contributed by atoms with E-state index in [9.17, 15) is 9.18 Å². The second-order valence-corrected chi connectivity index (χ2v) is 7.41. The van der Waals surface area contributed by atoms with Gasteiger partial charge in [0, 0.05) is 45.1 Å². The van der Waals surface area contributed by atoms with Gasteiger partial charge >= 0.3 is 0 Å². The predicted molar refractivity (Wildman–Crippen MR) is 114 cm³/mol. The lowest BCUT2D eigenvalue weighted by molar-refractivity contribution is -0.135. The SMILES string of the molecule is O=C([C@H](c1ccccc1)n1cccc1)N1CCN(CCOc2ccc(F)cc2)CC1. The molecule has 1 fully saturated rings. The molecule has 0 bridgehead atoms. The number of rotatable bonds is 7. The molecule has 0 unspecified atom stereocenters. The highest BCUT2D eigenvalue weighted by atomic mass is 19.1. The summed E-state index contributed by atoms with van der Waals surface area (Å²) in [5.74, 6) is 0.527. The minimum Gasteiger partial charge on any atom is -0.492 e. The summed E-state index contributed by atoms with van der Waals surface area (Å²) in [6, 6.07) is 19.5. The van der Waals surface area contributed by atoms with Gasteiger partial charge in [-0.3, -0.25) is 9.69 Å². The van der Waals surface area contributed by atoms with Crippen LogP contribution in [0.1, 0.15) is 11.6 Å². The zero-order valence-electron chi connectivity index (χ0n) is 16.9. The number of aromatic nitrogens is 1. The molecule has 1 aromatic heterocycles. The van der Waals surface area contributed by atoms with Crippen molar-refractivity contribution in [3.8, 4) is 5.75 Å². The van der Waals surface area contributed by atoms with Crippen LogP contribution in [-0.4, -0.2) is 59.6 Å². The van der Waals surface area contributed by atoms with Crippen molar-refractivity contribution in [3.63, 3.8) is 0 Å². The molecule has 2 heterocycles. The Hall–Kier alpha value is -3.12. The van der Waals surface area contributed by atoms with Gasteiger partial charge in [0.05, 0.1) is 0 Å². The Morgan fingerprint density at radius 1 is 0.900 bits per heavy atom. The van der Waals surface area contributed by atoms with Crippen molar-refractivity contribution >= 4 is 5.91 Å².